The van der Waals surface area contributed by atoms with Gasteiger partial charge in [-0.15, -0.1) is 0 Å². The van der Waals surface area contributed by atoms with Gasteiger partial charge in [-0.25, -0.2) is 4.39 Å². The molecule has 0 bridgehead atoms. The summed E-state index contributed by atoms with van der Waals surface area (Å²) in [7, 11) is -0.730. The Morgan fingerprint density at radius 1 is 1.28 bits per heavy atom. The molecule has 5 heteroatoms. The first-order valence-corrected chi connectivity index (χ1v) is 7.46. The second-order valence-electron chi connectivity index (χ2n) is 4.43. The standard InChI is InChI=1S/C13H16FNO2S/c14-13-4-2-1-3-11(13)9-12(16)10-15-5-7-18(17)8-6-15/h1-4H,5-10H2. The van der Waals surface area contributed by atoms with Crippen LogP contribution in [0.15, 0.2) is 24.3 Å². The van der Waals surface area contributed by atoms with Gasteiger partial charge in [0.25, 0.3) is 0 Å². The van der Waals surface area contributed by atoms with Gasteiger partial charge >= 0.3 is 0 Å². The summed E-state index contributed by atoms with van der Waals surface area (Å²) in [6.45, 7) is 1.71. The van der Waals surface area contributed by atoms with Crippen molar-refractivity contribution >= 4 is 16.6 Å². The second-order valence-corrected chi connectivity index (χ2v) is 6.13. The summed E-state index contributed by atoms with van der Waals surface area (Å²) in [5.41, 5.74) is 0.447. The van der Waals surface area contributed by atoms with E-state index in [1.54, 1.807) is 18.2 Å². The van der Waals surface area contributed by atoms with Crippen molar-refractivity contribution in [1.29, 1.82) is 0 Å². The number of ketones is 1. The van der Waals surface area contributed by atoms with Crippen LogP contribution in [0.5, 0.6) is 0 Å². The number of hydrogen-bond donors (Lipinski definition) is 0. The molecule has 1 aliphatic rings. The summed E-state index contributed by atoms with van der Waals surface area (Å²) in [6, 6.07) is 6.35. The lowest BCUT2D eigenvalue weighted by molar-refractivity contribution is -0.119. The molecule has 2 rings (SSSR count). The molecule has 0 unspecified atom stereocenters. The zero-order valence-corrected chi connectivity index (χ0v) is 10.9. The molecule has 0 atom stereocenters. The number of halogens is 1. The Hall–Kier alpha value is -1.07. The Morgan fingerprint density at radius 3 is 2.61 bits per heavy atom. The van der Waals surface area contributed by atoms with Crippen molar-refractivity contribution in [3.63, 3.8) is 0 Å². The van der Waals surface area contributed by atoms with Crippen LogP contribution in [0.25, 0.3) is 0 Å². The summed E-state index contributed by atoms with van der Waals surface area (Å²) in [6.07, 6.45) is 0.131. The molecule has 3 nitrogen and oxygen atoms in total. The molecule has 1 aromatic carbocycles. The molecule has 98 valence electrons. The van der Waals surface area contributed by atoms with Gasteiger partial charge in [0.15, 0.2) is 5.78 Å². The minimum Gasteiger partial charge on any atom is -0.298 e. The van der Waals surface area contributed by atoms with Crippen LogP contribution in [0.1, 0.15) is 5.56 Å². The van der Waals surface area contributed by atoms with E-state index in [2.05, 4.69) is 0 Å². The molecule has 1 heterocycles. The Morgan fingerprint density at radius 2 is 1.94 bits per heavy atom. The Kier molecular flexibility index (Phi) is 4.60. The van der Waals surface area contributed by atoms with Crippen molar-refractivity contribution in [2.45, 2.75) is 6.42 Å². The highest BCUT2D eigenvalue weighted by Gasteiger charge is 2.18. The van der Waals surface area contributed by atoms with E-state index in [4.69, 9.17) is 0 Å². The van der Waals surface area contributed by atoms with E-state index in [0.717, 1.165) is 0 Å². The molecular formula is C13H16FNO2S. The minimum atomic E-state index is -0.730. The fourth-order valence-corrected chi connectivity index (χ4v) is 3.12. The largest absolute Gasteiger partial charge is 0.298 e. The maximum atomic E-state index is 13.4. The third kappa shape index (κ3) is 3.71. The second kappa shape index (κ2) is 6.20. The lowest BCUT2D eigenvalue weighted by Crippen LogP contribution is -2.41. The monoisotopic (exact) mass is 269 g/mol. The van der Waals surface area contributed by atoms with E-state index in [-0.39, 0.29) is 18.0 Å². The molecule has 0 amide bonds. The van der Waals surface area contributed by atoms with Crippen molar-refractivity contribution in [3.05, 3.63) is 35.6 Å². The lowest BCUT2D eigenvalue weighted by atomic mass is 10.1. The van der Waals surface area contributed by atoms with Crippen molar-refractivity contribution in [2.24, 2.45) is 0 Å². The smallest absolute Gasteiger partial charge is 0.151 e. The van der Waals surface area contributed by atoms with E-state index < -0.39 is 10.8 Å². The molecule has 0 aromatic heterocycles. The number of benzene rings is 1. The van der Waals surface area contributed by atoms with Crippen LogP contribution in [0.2, 0.25) is 0 Å². The minimum absolute atomic E-state index is 0.00721. The highest BCUT2D eigenvalue weighted by Crippen LogP contribution is 2.08. The Bertz CT molecular complexity index is 454. The third-order valence-electron chi connectivity index (χ3n) is 3.02. The van der Waals surface area contributed by atoms with Crippen molar-refractivity contribution in [1.82, 2.24) is 4.90 Å². The van der Waals surface area contributed by atoms with E-state index in [1.165, 1.54) is 6.07 Å². The molecule has 0 spiro atoms. The van der Waals surface area contributed by atoms with Gasteiger partial charge in [-0.2, -0.15) is 0 Å². The fourth-order valence-electron chi connectivity index (χ4n) is 1.99. The van der Waals surface area contributed by atoms with Gasteiger partial charge in [0.1, 0.15) is 5.82 Å². The zero-order chi connectivity index (χ0) is 13.0. The molecular weight excluding hydrogens is 253 g/mol. The first-order valence-electron chi connectivity index (χ1n) is 5.97. The van der Waals surface area contributed by atoms with Crippen molar-refractivity contribution < 1.29 is 13.4 Å². The molecule has 1 saturated heterocycles. The summed E-state index contributed by atoms with van der Waals surface area (Å²) in [4.78, 5) is 13.8. The molecule has 0 saturated carbocycles. The predicted molar refractivity (Wildman–Crippen MR) is 69.4 cm³/mol. The van der Waals surface area contributed by atoms with E-state index in [1.807, 2.05) is 4.90 Å². The number of carbonyl (C=O) groups excluding carboxylic acids is 1. The summed E-state index contributed by atoms with van der Waals surface area (Å²) in [5, 5.41) is 0. The van der Waals surface area contributed by atoms with Gasteiger partial charge in [-0.05, 0) is 11.6 Å². The first-order chi connectivity index (χ1) is 8.65. The van der Waals surface area contributed by atoms with Gasteiger partial charge in [0.2, 0.25) is 0 Å². The van der Waals surface area contributed by atoms with Crippen molar-refractivity contribution in [3.8, 4) is 0 Å². The molecule has 1 aliphatic heterocycles. The van der Waals surface area contributed by atoms with Gasteiger partial charge in [-0.1, -0.05) is 18.2 Å². The zero-order valence-electron chi connectivity index (χ0n) is 10.1. The summed E-state index contributed by atoms with van der Waals surface area (Å²) in [5.74, 6) is 0.943. The van der Waals surface area contributed by atoms with Crippen LogP contribution in [-0.2, 0) is 22.0 Å². The lowest BCUT2D eigenvalue weighted by Gasteiger charge is -2.25. The molecule has 0 radical (unpaired) electrons. The van der Waals surface area contributed by atoms with Gasteiger partial charge in [0, 0.05) is 41.8 Å². The summed E-state index contributed by atoms with van der Waals surface area (Å²) >= 11 is 0. The highest BCUT2D eigenvalue weighted by molar-refractivity contribution is 7.85. The molecule has 18 heavy (non-hydrogen) atoms. The topological polar surface area (TPSA) is 37.4 Å². The first kappa shape index (κ1) is 13.4. The average Bonchev–Trinajstić information content (AvgIpc) is 2.35. The van der Waals surface area contributed by atoms with E-state index >= 15 is 0 Å². The summed E-state index contributed by atoms with van der Waals surface area (Å²) < 4.78 is 24.6. The van der Waals surface area contributed by atoms with Crippen LogP contribution >= 0.6 is 0 Å². The predicted octanol–water partition coefficient (Wildman–Crippen LogP) is 1.00. The number of nitrogens with zero attached hydrogens (tertiary/aromatic N) is 1. The van der Waals surface area contributed by atoms with Gasteiger partial charge in [0.05, 0.1) is 6.54 Å². The number of Topliss-reactive ketones (excluding diaryl/α,β-unsaturated/α-hetero) is 1. The van der Waals surface area contributed by atoms with E-state index in [0.29, 0.717) is 36.7 Å². The maximum absolute atomic E-state index is 13.4. The normalized spacial score (nSPS) is 17.8. The van der Waals surface area contributed by atoms with Crippen LogP contribution in [0.4, 0.5) is 4.39 Å². The maximum Gasteiger partial charge on any atom is 0.151 e. The molecule has 0 N–H and O–H groups in total. The molecule has 1 fully saturated rings. The SMILES string of the molecule is O=C(Cc1ccccc1F)CN1CCS(=O)CC1. The molecule has 0 aliphatic carbocycles. The fraction of sp³-hybridized carbons (Fsp3) is 0.462. The number of hydrogen-bond acceptors (Lipinski definition) is 3. The van der Waals surface area contributed by atoms with Crippen LogP contribution in [0, 0.1) is 5.82 Å². The highest BCUT2D eigenvalue weighted by atomic mass is 32.2. The Balaban J connectivity index is 1.86. The quantitative estimate of drug-likeness (QED) is 0.818. The van der Waals surface area contributed by atoms with Crippen LogP contribution < -0.4 is 0 Å². The van der Waals surface area contributed by atoms with Gasteiger partial charge in [-0.3, -0.25) is 13.9 Å². The van der Waals surface area contributed by atoms with Crippen molar-refractivity contribution in [2.75, 3.05) is 31.1 Å². The number of carbonyl (C=O) groups is 1. The van der Waals surface area contributed by atoms with Gasteiger partial charge < -0.3 is 0 Å². The third-order valence-corrected chi connectivity index (χ3v) is 4.29. The average molecular weight is 269 g/mol. The number of rotatable bonds is 4. The van der Waals surface area contributed by atoms with Crippen LogP contribution in [-0.4, -0.2) is 46.0 Å². The van der Waals surface area contributed by atoms with Crippen LogP contribution in [0.3, 0.4) is 0 Å². The Labute approximate surface area is 108 Å². The van der Waals surface area contributed by atoms with E-state index in [9.17, 15) is 13.4 Å². The molecule has 1 aromatic rings.